The van der Waals surface area contributed by atoms with Crippen molar-refractivity contribution in [2.45, 2.75) is 26.4 Å². The van der Waals surface area contributed by atoms with Crippen LogP contribution in [0.3, 0.4) is 0 Å². The lowest BCUT2D eigenvalue weighted by atomic mass is 10.2. The summed E-state index contributed by atoms with van der Waals surface area (Å²) in [5, 5.41) is 19.6. The summed E-state index contributed by atoms with van der Waals surface area (Å²) < 4.78 is 27.7. The molecule has 3 aromatic rings. The van der Waals surface area contributed by atoms with E-state index in [1.807, 2.05) is 0 Å². The molecule has 120 valence electrons. The fraction of sp³-hybridized carbons (Fsp3) is 0.308. The Kier molecular flexibility index (Phi) is 3.72. The summed E-state index contributed by atoms with van der Waals surface area (Å²) >= 11 is 0. The summed E-state index contributed by atoms with van der Waals surface area (Å²) in [6.45, 7) is 1.33. The second-order valence-electron chi connectivity index (χ2n) is 4.95. The van der Waals surface area contributed by atoms with Crippen LogP contribution in [0.15, 0.2) is 24.5 Å². The first-order valence-corrected chi connectivity index (χ1v) is 6.72. The van der Waals surface area contributed by atoms with Gasteiger partial charge in [-0.2, -0.15) is 10.2 Å². The minimum absolute atomic E-state index is 0.0268. The first-order chi connectivity index (χ1) is 11.0. The van der Waals surface area contributed by atoms with E-state index in [1.54, 1.807) is 17.7 Å². The lowest BCUT2D eigenvalue weighted by Gasteiger charge is -2.06. The van der Waals surface area contributed by atoms with Gasteiger partial charge in [0.15, 0.2) is 0 Å². The maximum Gasteiger partial charge on any atom is 0.270 e. The highest BCUT2D eigenvalue weighted by Crippen LogP contribution is 2.24. The molecule has 0 saturated heterocycles. The van der Waals surface area contributed by atoms with Crippen molar-refractivity contribution < 1.29 is 13.7 Å². The quantitative estimate of drug-likeness (QED) is 0.530. The molecule has 0 radical (unpaired) electrons. The Morgan fingerprint density at radius 3 is 2.83 bits per heavy atom. The second-order valence-corrected chi connectivity index (χ2v) is 4.95. The van der Waals surface area contributed by atoms with Gasteiger partial charge in [-0.15, -0.1) is 0 Å². The van der Waals surface area contributed by atoms with E-state index in [2.05, 4.69) is 15.2 Å². The highest BCUT2D eigenvalue weighted by Gasteiger charge is 2.16. The van der Waals surface area contributed by atoms with Crippen LogP contribution in [0.2, 0.25) is 0 Å². The van der Waals surface area contributed by atoms with Crippen LogP contribution in [-0.4, -0.2) is 35.9 Å². The molecule has 23 heavy (non-hydrogen) atoms. The number of nitro groups is 1. The zero-order valence-electron chi connectivity index (χ0n) is 12.1. The third kappa shape index (κ3) is 2.87. The number of fused-ring (bicyclic) bond motifs is 1. The molecule has 0 bridgehead atoms. The maximum absolute atomic E-state index is 12.5. The van der Waals surface area contributed by atoms with E-state index >= 15 is 0 Å². The Balaban J connectivity index is 1.98. The number of rotatable bonds is 5. The summed E-state index contributed by atoms with van der Waals surface area (Å²) in [7, 11) is 0. The van der Waals surface area contributed by atoms with Crippen molar-refractivity contribution in [1.29, 1.82) is 0 Å². The molecular weight excluding hydrogens is 310 g/mol. The van der Waals surface area contributed by atoms with E-state index in [-0.39, 0.29) is 12.2 Å². The molecule has 0 fully saturated rings. The Morgan fingerprint density at radius 2 is 2.13 bits per heavy atom. The van der Waals surface area contributed by atoms with Gasteiger partial charge in [0, 0.05) is 17.5 Å². The van der Waals surface area contributed by atoms with Gasteiger partial charge in [0.2, 0.25) is 0 Å². The van der Waals surface area contributed by atoms with Crippen LogP contribution in [0.5, 0.6) is 0 Å². The molecule has 0 N–H and O–H groups in total. The van der Waals surface area contributed by atoms with Crippen molar-refractivity contribution in [3.8, 4) is 0 Å². The molecule has 0 atom stereocenters. The summed E-state index contributed by atoms with van der Waals surface area (Å²) in [5.74, 6) is 0.341. The molecule has 0 spiro atoms. The van der Waals surface area contributed by atoms with Gasteiger partial charge in [0.05, 0.1) is 16.1 Å². The van der Waals surface area contributed by atoms with Crippen LogP contribution in [0, 0.1) is 17.0 Å². The average Bonchev–Trinajstić information content (AvgIpc) is 3.04. The molecule has 3 rings (SSSR count). The van der Waals surface area contributed by atoms with E-state index in [0.29, 0.717) is 22.4 Å². The van der Waals surface area contributed by atoms with Crippen LogP contribution in [-0.2, 0) is 13.1 Å². The molecule has 8 nitrogen and oxygen atoms in total. The third-order valence-corrected chi connectivity index (χ3v) is 3.43. The number of aromatic nitrogens is 5. The van der Waals surface area contributed by atoms with Crippen LogP contribution in [0.4, 0.5) is 14.5 Å². The molecule has 0 amide bonds. The molecule has 0 saturated carbocycles. The minimum Gasteiger partial charge on any atom is -0.258 e. The molecule has 2 heterocycles. The third-order valence-electron chi connectivity index (χ3n) is 3.43. The van der Waals surface area contributed by atoms with Crippen molar-refractivity contribution in [3.05, 3.63) is 46.2 Å². The van der Waals surface area contributed by atoms with Gasteiger partial charge in [0.1, 0.15) is 25.2 Å². The largest absolute Gasteiger partial charge is 0.270 e. The van der Waals surface area contributed by atoms with Crippen molar-refractivity contribution >= 4 is 16.6 Å². The number of alkyl halides is 2. The monoisotopic (exact) mass is 322 g/mol. The van der Waals surface area contributed by atoms with Gasteiger partial charge in [-0.05, 0) is 13.0 Å². The van der Waals surface area contributed by atoms with Crippen molar-refractivity contribution in [1.82, 2.24) is 24.5 Å². The normalized spacial score (nSPS) is 11.5. The van der Waals surface area contributed by atoms with Crippen LogP contribution < -0.4 is 0 Å². The Hall–Kier alpha value is -2.91. The molecule has 0 aliphatic rings. The van der Waals surface area contributed by atoms with E-state index in [9.17, 15) is 18.9 Å². The zero-order valence-corrected chi connectivity index (χ0v) is 12.1. The van der Waals surface area contributed by atoms with Crippen LogP contribution in [0.1, 0.15) is 11.5 Å². The molecule has 2 aromatic heterocycles. The molecule has 1 aromatic carbocycles. The molecule has 0 aliphatic carbocycles. The molecule has 0 unspecified atom stereocenters. The van der Waals surface area contributed by atoms with Gasteiger partial charge < -0.3 is 0 Å². The van der Waals surface area contributed by atoms with Gasteiger partial charge in [-0.3, -0.25) is 14.8 Å². The highest BCUT2D eigenvalue weighted by molar-refractivity contribution is 5.84. The first-order valence-electron chi connectivity index (χ1n) is 6.72. The number of nitro benzene ring substituents is 1. The summed E-state index contributed by atoms with van der Waals surface area (Å²) in [6, 6.07) is 4.41. The first kappa shape index (κ1) is 15.0. The lowest BCUT2D eigenvalue weighted by Crippen LogP contribution is -2.15. The summed E-state index contributed by atoms with van der Waals surface area (Å²) in [5.41, 5.74) is 1.25. The Morgan fingerprint density at radius 1 is 1.35 bits per heavy atom. The van der Waals surface area contributed by atoms with E-state index in [0.717, 1.165) is 4.68 Å². The van der Waals surface area contributed by atoms with Crippen LogP contribution in [0.25, 0.3) is 10.9 Å². The minimum atomic E-state index is -2.53. The predicted octanol–water partition coefficient (Wildman–Crippen LogP) is 2.16. The van der Waals surface area contributed by atoms with Crippen LogP contribution >= 0.6 is 0 Å². The molecular formula is C13H12F2N6O2. The number of non-ortho nitro benzene ring substituents is 1. The van der Waals surface area contributed by atoms with Crippen molar-refractivity contribution in [2.24, 2.45) is 0 Å². The fourth-order valence-corrected chi connectivity index (χ4v) is 2.39. The number of nitrogens with zero attached hydrogens (tertiary/aromatic N) is 6. The van der Waals surface area contributed by atoms with Crippen molar-refractivity contribution in [3.63, 3.8) is 0 Å². The number of halogens is 2. The van der Waals surface area contributed by atoms with Gasteiger partial charge in [0.25, 0.3) is 12.1 Å². The number of hydrogen-bond donors (Lipinski definition) is 0. The smallest absolute Gasteiger partial charge is 0.258 e. The number of hydrogen-bond acceptors (Lipinski definition) is 5. The SMILES string of the molecule is Cc1nn(Cc2ncnn2CC(F)F)c2ccc([N+](=O)[O-])cc12. The standard InChI is InChI=1S/C13H12F2N6O2/c1-8-10-4-9(21(22)23)2-3-11(10)19(18-8)6-13-16-7-17-20(13)5-12(14)15/h2-4,7,12H,5-6H2,1H3. The maximum atomic E-state index is 12.5. The predicted molar refractivity (Wildman–Crippen MR) is 76.3 cm³/mol. The second kappa shape index (κ2) is 5.71. The van der Waals surface area contributed by atoms with E-state index in [4.69, 9.17) is 0 Å². The number of benzene rings is 1. The van der Waals surface area contributed by atoms with Gasteiger partial charge in [-0.25, -0.2) is 18.4 Å². The van der Waals surface area contributed by atoms with Gasteiger partial charge in [-0.1, -0.05) is 0 Å². The van der Waals surface area contributed by atoms with E-state index < -0.39 is 17.9 Å². The zero-order chi connectivity index (χ0) is 16.6. The van der Waals surface area contributed by atoms with E-state index in [1.165, 1.54) is 18.5 Å². The highest BCUT2D eigenvalue weighted by atomic mass is 19.3. The average molecular weight is 322 g/mol. The number of aryl methyl sites for hydroxylation is 1. The van der Waals surface area contributed by atoms with Gasteiger partial charge >= 0.3 is 0 Å². The fourth-order valence-electron chi connectivity index (χ4n) is 2.39. The Labute approximate surface area is 128 Å². The topological polar surface area (TPSA) is 91.7 Å². The molecule has 10 heteroatoms. The Bertz CT molecular complexity index is 873. The summed E-state index contributed by atoms with van der Waals surface area (Å²) in [4.78, 5) is 14.4. The summed E-state index contributed by atoms with van der Waals surface area (Å²) in [6.07, 6.45) is -1.32. The molecule has 0 aliphatic heterocycles. The van der Waals surface area contributed by atoms with Crippen molar-refractivity contribution in [2.75, 3.05) is 0 Å². The lowest BCUT2D eigenvalue weighted by molar-refractivity contribution is -0.384.